The van der Waals surface area contributed by atoms with Crippen LogP contribution in [0.2, 0.25) is 0 Å². The first kappa shape index (κ1) is 31.3. The van der Waals surface area contributed by atoms with Gasteiger partial charge in [-0.15, -0.1) is 0 Å². The molecule has 0 saturated heterocycles. The molecular formula is C32H31BrIN3O5S. The van der Waals surface area contributed by atoms with E-state index >= 15 is 0 Å². The summed E-state index contributed by atoms with van der Waals surface area (Å²) in [7, 11) is 1.56. The van der Waals surface area contributed by atoms with Crippen molar-refractivity contribution in [1.82, 2.24) is 9.13 Å². The van der Waals surface area contributed by atoms with Crippen molar-refractivity contribution in [2.24, 2.45) is 4.99 Å². The highest BCUT2D eigenvalue weighted by atomic mass is 127. The molecule has 2 aromatic carbocycles. The number of hydrogen-bond donors (Lipinski definition) is 0. The van der Waals surface area contributed by atoms with Gasteiger partial charge in [-0.2, -0.15) is 0 Å². The van der Waals surface area contributed by atoms with Crippen molar-refractivity contribution < 1.29 is 19.0 Å². The van der Waals surface area contributed by atoms with Crippen LogP contribution in [0.1, 0.15) is 49.3 Å². The summed E-state index contributed by atoms with van der Waals surface area (Å²) in [6, 6.07) is 13.2. The van der Waals surface area contributed by atoms with Crippen molar-refractivity contribution in [2.75, 3.05) is 20.3 Å². The lowest BCUT2D eigenvalue weighted by molar-refractivity contribution is -0.139. The van der Waals surface area contributed by atoms with Crippen molar-refractivity contribution in [3.8, 4) is 17.2 Å². The Morgan fingerprint density at radius 2 is 1.81 bits per heavy atom. The van der Waals surface area contributed by atoms with Crippen LogP contribution in [-0.4, -0.2) is 35.4 Å². The van der Waals surface area contributed by atoms with Gasteiger partial charge in [0.2, 0.25) is 0 Å². The molecule has 0 fully saturated rings. The zero-order chi connectivity index (χ0) is 31.0. The second-order valence-corrected chi connectivity index (χ2v) is 13.0. The third-order valence-electron chi connectivity index (χ3n) is 7.24. The SMILES string of the molecule is CCOC(=O)C1=C(C)N=c2s/c(=C/c3cc(C)n(-c4ccc(I)cc4)c3C)c(=O)n2[C@@H]1c1cc(OC)c(OCC)cc1Br. The molecule has 1 aliphatic rings. The third kappa shape index (κ3) is 5.86. The van der Waals surface area contributed by atoms with Crippen molar-refractivity contribution in [3.63, 3.8) is 0 Å². The van der Waals surface area contributed by atoms with E-state index in [-0.39, 0.29) is 12.2 Å². The minimum atomic E-state index is -0.796. The first-order valence-electron chi connectivity index (χ1n) is 13.7. The largest absolute Gasteiger partial charge is 0.493 e. The predicted octanol–water partition coefficient (Wildman–Crippen LogP) is 5.98. The van der Waals surface area contributed by atoms with E-state index in [0.717, 1.165) is 26.2 Å². The van der Waals surface area contributed by atoms with Crippen molar-refractivity contribution >= 4 is 61.9 Å². The zero-order valence-corrected chi connectivity index (χ0v) is 29.2. The van der Waals surface area contributed by atoms with Crippen molar-refractivity contribution in [1.29, 1.82) is 0 Å². The number of fused-ring (bicyclic) bond motifs is 1. The fourth-order valence-electron chi connectivity index (χ4n) is 5.34. The molecule has 0 saturated carbocycles. The average Bonchev–Trinajstić information content (AvgIpc) is 3.42. The Bertz CT molecular complexity index is 1940. The summed E-state index contributed by atoms with van der Waals surface area (Å²) in [5, 5.41) is 0. The zero-order valence-electron chi connectivity index (χ0n) is 24.7. The molecule has 0 radical (unpaired) electrons. The molecule has 0 aliphatic carbocycles. The summed E-state index contributed by atoms with van der Waals surface area (Å²) in [6.07, 6.45) is 1.91. The van der Waals surface area contributed by atoms with Crippen LogP contribution < -0.4 is 24.4 Å². The molecule has 11 heteroatoms. The van der Waals surface area contributed by atoms with Crippen LogP contribution in [0.3, 0.4) is 0 Å². The van der Waals surface area contributed by atoms with Gasteiger partial charge < -0.3 is 18.8 Å². The molecule has 5 rings (SSSR count). The van der Waals surface area contributed by atoms with Gasteiger partial charge in [-0.05, 0) is 117 Å². The number of ether oxygens (including phenoxy) is 3. The molecule has 1 aliphatic heterocycles. The Hall–Kier alpha value is -3.16. The number of rotatable bonds is 8. The lowest BCUT2D eigenvalue weighted by Crippen LogP contribution is -2.40. The van der Waals surface area contributed by atoms with Gasteiger partial charge in [0.05, 0.1) is 42.2 Å². The third-order valence-corrected chi connectivity index (χ3v) is 9.62. The highest BCUT2D eigenvalue weighted by molar-refractivity contribution is 14.1. The van der Waals surface area contributed by atoms with E-state index in [0.29, 0.717) is 48.7 Å². The maximum absolute atomic E-state index is 14.2. The van der Waals surface area contributed by atoms with E-state index < -0.39 is 12.0 Å². The van der Waals surface area contributed by atoms with Gasteiger partial charge in [0, 0.05) is 25.1 Å². The van der Waals surface area contributed by atoms with E-state index in [9.17, 15) is 9.59 Å². The van der Waals surface area contributed by atoms with E-state index in [4.69, 9.17) is 19.2 Å². The Labute approximate surface area is 275 Å². The normalized spacial score (nSPS) is 14.9. The summed E-state index contributed by atoms with van der Waals surface area (Å²) in [5.74, 6) is 0.516. The number of esters is 1. The van der Waals surface area contributed by atoms with Gasteiger partial charge in [-0.1, -0.05) is 27.3 Å². The number of carbonyl (C=O) groups excluding carboxylic acids is 1. The van der Waals surface area contributed by atoms with Crippen LogP contribution in [0.15, 0.2) is 68.0 Å². The fourth-order valence-corrected chi connectivity index (χ4v) is 7.27. The molecule has 8 nitrogen and oxygen atoms in total. The fraction of sp³-hybridized carbons (Fsp3) is 0.281. The predicted molar refractivity (Wildman–Crippen MR) is 180 cm³/mol. The van der Waals surface area contributed by atoms with Crippen LogP contribution in [0.25, 0.3) is 11.8 Å². The highest BCUT2D eigenvalue weighted by Gasteiger charge is 2.35. The minimum Gasteiger partial charge on any atom is -0.493 e. The molecule has 0 N–H and O–H groups in total. The molecule has 224 valence electrons. The standard InChI is InChI=1S/C32H31BrIN3O5S/c1-7-41-26-16-24(33)23(15-25(26)40-6)29-28(31(39)42-8-2)18(4)35-32-37(29)30(38)27(43-32)14-20-13-17(3)36(19(20)5)22-11-9-21(34)10-12-22/h9-16,29H,7-8H2,1-6H3/b27-14+/t29-/m1/s1. The average molecular weight is 776 g/mol. The summed E-state index contributed by atoms with van der Waals surface area (Å²) >= 11 is 7.26. The number of halogens is 2. The van der Waals surface area contributed by atoms with E-state index in [2.05, 4.69) is 80.3 Å². The number of hydrogen-bond acceptors (Lipinski definition) is 7. The quantitative estimate of drug-likeness (QED) is 0.163. The number of benzene rings is 2. The second-order valence-electron chi connectivity index (χ2n) is 9.90. The summed E-state index contributed by atoms with van der Waals surface area (Å²) in [4.78, 5) is 32.8. The molecular weight excluding hydrogens is 745 g/mol. The minimum absolute atomic E-state index is 0.191. The van der Waals surface area contributed by atoms with Crippen molar-refractivity contribution in [3.05, 3.63) is 104 Å². The van der Waals surface area contributed by atoms with Gasteiger partial charge in [0.25, 0.3) is 5.56 Å². The van der Waals surface area contributed by atoms with E-state index in [1.54, 1.807) is 37.7 Å². The van der Waals surface area contributed by atoms with Crippen LogP contribution in [0, 0.1) is 17.4 Å². The maximum atomic E-state index is 14.2. The molecule has 43 heavy (non-hydrogen) atoms. The van der Waals surface area contributed by atoms with Gasteiger partial charge in [0.1, 0.15) is 0 Å². The first-order chi connectivity index (χ1) is 20.6. The maximum Gasteiger partial charge on any atom is 0.338 e. The number of methoxy groups -OCH3 is 1. The molecule has 0 bridgehead atoms. The van der Waals surface area contributed by atoms with Gasteiger partial charge in [-0.3, -0.25) is 9.36 Å². The molecule has 0 unspecified atom stereocenters. The van der Waals surface area contributed by atoms with Crippen LogP contribution in [0.4, 0.5) is 0 Å². The topological polar surface area (TPSA) is 84.1 Å². The number of aromatic nitrogens is 2. The van der Waals surface area contributed by atoms with Gasteiger partial charge >= 0.3 is 5.97 Å². The number of carbonyl (C=O) groups is 1. The molecule has 2 aromatic heterocycles. The Morgan fingerprint density at radius 1 is 1.09 bits per heavy atom. The molecule has 0 amide bonds. The Balaban J connectivity index is 1.72. The summed E-state index contributed by atoms with van der Waals surface area (Å²) < 4.78 is 22.9. The van der Waals surface area contributed by atoms with E-state index in [1.807, 2.05) is 19.9 Å². The second kappa shape index (κ2) is 12.8. The van der Waals surface area contributed by atoms with Crippen molar-refractivity contribution in [2.45, 2.75) is 40.7 Å². The molecule has 1 atom stereocenters. The van der Waals surface area contributed by atoms with Gasteiger partial charge in [0.15, 0.2) is 16.3 Å². The monoisotopic (exact) mass is 775 g/mol. The van der Waals surface area contributed by atoms with Crippen LogP contribution >= 0.6 is 49.9 Å². The highest BCUT2D eigenvalue weighted by Crippen LogP contribution is 2.41. The lowest BCUT2D eigenvalue weighted by Gasteiger charge is -2.26. The number of allylic oxidation sites excluding steroid dienone is 1. The molecule has 0 spiro atoms. The van der Waals surface area contributed by atoms with Crippen LogP contribution in [-0.2, 0) is 9.53 Å². The molecule has 4 aromatic rings. The van der Waals surface area contributed by atoms with E-state index in [1.165, 1.54) is 11.3 Å². The first-order valence-corrected chi connectivity index (χ1v) is 16.4. The van der Waals surface area contributed by atoms with Crippen LogP contribution in [0.5, 0.6) is 11.5 Å². The lowest BCUT2D eigenvalue weighted by atomic mass is 9.95. The number of thiazole rings is 1. The summed E-state index contributed by atoms with van der Waals surface area (Å²) in [5.41, 5.74) is 5.26. The number of nitrogens with zero attached hydrogens (tertiary/aromatic N) is 3. The number of aryl methyl sites for hydroxylation is 1. The summed E-state index contributed by atoms with van der Waals surface area (Å²) in [6.45, 7) is 10.2. The Morgan fingerprint density at radius 3 is 2.47 bits per heavy atom. The molecule has 3 heterocycles. The Kier molecular flexibility index (Phi) is 9.33. The van der Waals surface area contributed by atoms with Gasteiger partial charge in [-0.25, -0.2) is 9.79 Å². The smallest absolute Gasteiger partial charge is 0.338 e.